The zero-order valence-corrected chi connectivity index (χ0v) is 22.6. The quantitative estimate of drug-likeness (QED) is 0.321. The number of allylic oxidation sites excluding steroid dienone is 8. The molecule has 0 radical (unpaired) electrons. The third-order valence-corrected chi connectivity index (χ3v) is 8.25. The van der Waals surface area contributed by atoms with Crippen molar-refractivity contribution in [1.82, 2.24) is 0 Å². The summed E-state index contributed by atoms with van der Waals surface area (Å²) in [5.41, 5.74) is 9.17. The van der Waals surface area contributed by atoms with Gasteiger partial charge < -0.3 is 16.4 Å². The largest absolute Gasteiger partial charge is 0.398 e. The Morgan fingerprint density at radius 2 is 1.15 bits per heavy atom. The Kier molecular flexibility index (Phi) is 6.71. The number of carbonyl (C=O) groups excluding carboxylic acids is 2. The van der Waals surface area contributed by atoms with E-state index in [9.17, 15) is 26.4 Å². The molecular formula is C28H23N3O6S2. The third kappa shape index (κ3) is 4.66. The molecule has 0 saturated carbocycles. The van der Waals surface area contributed by atoms with E-state index in [0.717, 1.165) is 11.1 Å². The molecule has 0 aliphatic heterocycles. The van der Waals surface area contributed by atoms with Crippen LogP contribution in [0.15, 0.2) is 77.2 Å². The van der Waals surface area contributed by atoms with Gasteiger partial charge in [-0.15, -0.1) is 0 Å². The number of hydrogen-bond acceptors (Lipinski definition) is 9. The molecule has 9 nitrogen and oxygen atoms in total. The molecule has 0 saturated heterocycles. The Bertz CT molecular complexity index is 1910. The van der Waals surface area contributed by atoms with Gasteiger partial charge in [-0.3, -0.25) is 9.59 Å². The second-order valence-electron chi connectivity index (χ2n) is 9.44. The molecule has 4 N–H and O–H groups in total. The van der Waals surface area contributed by atoms with Gasteiger partial charge in [-0.25, -0.2) is 0 Å². The molecule has 3 aliphatic rings. The molecule has 5 rings (SSSR count). The van der Waals surface area contributed by atoms with Crippen LogP contribution in [0.5, 0.6) is 0 Å². The van der Waals surface area contributed by atoms with Crippen LogP contribution in [0.4, 0.5) is 17.1 Å². The molecule has 0 fully saturated rings. The highest BCUT2D eigenvalue weighted by atomic mass is 32.2. The first-order valence-corrected chi connectivity index (χ1v) is 14.1. The molecule has 3 aliphatic carbocycles. The molecule has 0 aromatic heterocycles. The van der Waals surface area contributed by atoms with Crippen LogP contribution in [0.3, 0.4) is 0 Å². The van der Waals surface area contributed by atoms with Crippen LogP contribution in [0.2, 0.25) is 0 Å². The normalized spacial score (nSPS) is 16.4. The molecule has 0 atom stereocenters. The fourth-order valence-electron chi connectivity index (χ4n) is 4.82. The Hall–Kier alpha value is -4.48. The lowest BCUT2D eigenvalue weighted by atomic mass is 9.81. The molecule has 0 amide bonds. The van der Waals surface area contributed by atoms with E-state index >= 15 is 0 Å². The number of benzene rings is 2. The minimum absolute atomic E-state index is 0.00605. The molecule has 0 unspecified atom stereocenters. The first kappa shape index (κ1) is 26.1. The molecule has 198 valence electrons. The van der Waals surface area contributed by atoms with Gasteiger partial charge in [0.05, 0.1) is 49.2 Å². The van der Waals surface area contributed by atoms with Gasteiger partial charge in [0.25, 0.3) is 0 Å². The third-order valence-electron chi connectivity index (χ3n) is 6.72. The van der Waals surface area contributed by atoms with Crippen LogP contribution in [0.25, 0.3) is 0 Å². The summed E-state index contributed by atoms with van der Waals surface area (Å²) in [6.45, 7) is 3.62. The maximum atomic E-state index is 13.9. The summed E-state index contributed by atoms with van der Waals surface area (Å²) >= 11 is 0. The molecule has 11 heteroatoms. The van der Waals surface area contributed by atoms with Crippen molar-refractivity contribution >= 4 is 58.9 Å². The van der Waals surface area contributed by atoms with Gasteiger partial charge in [0, 0.05) is 24.1 Å². The highest BCUT2D eigenvalue weighted by Crippen LogP contribution is 2.39. The topological polar surface area (TPSA) is 152 Å². The molecule has 2 aromatic carbocycles. The minimum atomic E-state index is -2.52. The Morgan fingerprint density at radius 1 is 0.667 bits per heavy atom. The Balaban J connectivity index is 1.72. The number of anilines is 3. The predicted octanol–water partition coefficient (Wildman–Crippen LogP) is 3.44. The van der Waals surface area contributed by atoms with Crippen LogP contribution >= 0.6 is 0 Å². The molecule has 0 bridgehead atoms. The van der Waals surface area contributed by atoms with Crippen molar-refractivity contribution in [2.45, 2.75) is 26.7 Å². The van der Waals surface area contributed by atoms with Gasteiger partial charge >= 0.3 is 0 Å². The van der Waals surface area contributed by atoms with Gasteiger partial charge in [-0.1, -0.05) is 35.4 Å². The van der Waals surface area contributed by atoms with E-state index in [-0.39, 0.29) is 73.3 Å². The number of nitrogens with one attached hydrogen (secondary N) is 2. The summed E-state index contributed by atoms with van der Waals surface area (Å²) in [6.07, 6.45) is 7.16. The van der Waals surface area contributed by atoms with Gasteiger partial charge in [-0.05, 0) is 44.2 Å². The van der Waals surface area contributed by atoms with Crippen LogP contribution < -0.4 is 16.4 Å². The van der Waals surface area contributed by atoms with Crippen molar-refractivity contribution in [1.29, 1.82) is 0 Å². The standard InChI is InChI=1S/C28H23N3O6S2/c1-14-6-8-18(22(12-14)38(34)35)30-20-10-11-21(31-19-9-7-15(2)13-23(19)39(36)37)26-25(20)27(32)16-4-3-5-17(29)24(16)28(26)33/h3-11,30-31H,12-13,29H2,1-2H3. The van der Waals surface area contributed by atoms with E-state index in [1.807, 2.05) is 6.92 Å². The van der Waals surface area contributed by atoms with Crippen LogP contribution in [-0.2, 0) is 20.6 Å². The molecule has 0 spiro atoms. The lowest BCUT2D eigenvalue weighted by molar-refractivity contribution is 0.0981. The van der Waals surface area contributed by atoms with E-state index in [1.54, 1.807) is 49.4 Å². The zero-order chi connectivity index (χ0) is 28.0. The first-order chi connectivity index (χ1) is 18.6. The van der Waals surface area contributed by atoms with Gasteiger partial charge in [0.2, 0.25) is 20.6 Å². The molecule has 2 aromatic rings. The van der Waals surface area contributed by atoms with Crippen molar-refractivity contribution in [2.24, 2.45) is 0 Å². The van der Waals surface area contributed by atoms with E-state index in [1.165, 1.54) is 12.1 Å². The fraction of sp³-hybridized carbons (Fsp3) is 0.143. The van der Waals surface area contributed by atoms with Crippen molar-refractivity contribution < 1.29 is 26.4 Å². The van der Waals surface area contributed by atoms with Crippen molar-refractivity contribution in [3.05, 3.63) is 99.4 Å². The van der Waals surface area contributed by atoms with Crippen LogP contribution in [-0.4, -0.2) is 38.1 Å². The summed E-state index contributed by atoms with van der Waals surface area (Å²) in [4.78, 5) is 27.9. The number of fused-ring (bicyclic) bond motifs is 2. The lowest BCUT2D eigenvalue weighted by Gasteiger charge is -2.26. The highest BCUT2D eigenvalue weighted by Gasteiger charge is 2.36. The summed E-state index contributed by atoms with van der Waals surface area (Å²) in [5, 5.41) is 6.09. The average molecular weight is 562 g/mol. The smallest absolute Gasteiger partial charge is 0.219 e. The molecule has 0 heterocycles. The molecule has 39 heavy (non-hydrogen) atoms. The highest BCUT2D eigenvalue weighted by molar-refractivity contribution is 7.73. The first-order valence-electron chi connectivity index (χ1n) is 11.9. The van der Waals surface area contributed by atoms with Crippen molar-refractivity contribution in [3.8, 4) is 0 Å². The van der Waals surface area contributed by atoms with Gasteiger partial charge in [0.1, 0.15) is 0 Å². The maximum absolute atomic E-state index is 13.9. The van der Waals surface area contributed by atoms with E-state index in [2.05, 4.69) is 10.6 Å². The van der Waals surface area contributed by atoms with Crippen molar-refractivity contribution in [3.63, 3.8) is 0 Å². The summed E-state index contributed by atoms with van der Waals surface area (Å²) in [7, 11) is -5.03. The zero-order valence-electron chi connectivity index (χ0n) is 21.0. The summed E-state index contributed by atoms with van der Waals surface area (Å²) < 4.78 is 47.8. The number of carbonyl (C=O) groups is 2. The van der Waals surface area contributed by atoms with E-state index in [0.29, 0.717) is 0 Å². The fourth-order valence-corrected chi connectivity index (χ4v) is 6.11. The van der Waals surface area contributed by atoms with E-state index < -0.39 is 32.2 Å². The number of nitrogens with two attached hydrogens (primary N) is 1. The van der Waals surface area contributed by atoms with Crippen LogP contribution in [0.1, 0.15) is 58.5 Å². The Labute approximate surface area is 227 Å². The number of rotatable bonds is 4. The number of hydrogen-bond donors (Lipinski definition) is 3. The average Bonchev–Trinajstić information content (AvgIpc) is 2.89. The number of ketones is 2. The molecular weight excluding hydrogens is 538 g/mol. The van der Waals surface area contributed by atoms with Gasteiger partial charge in [0.15, 0.2) is 11.6 Å². The number of nitrogen functional groups attached to an aromatic ring is 1. The predicted molar refractivity (Wildman–Crippen MR) is 152 cm³/mol. The lowest BCUT2D eigenvalue weighted by Crippen LogP contribution is -2.27. The Morgan fingerprint density at radius 3 is 1.64 bits per heavy atom. The minimum Gasteiger partial charge on any atom is -0.398 e. The second kappa shape index (κ2) is 10.0. The van der Waals surface area contributed by atoms with Gasteiger partial charge in [-0.2, -0.15) is 16.8 Å². The monoisotopic (exact) mass is 561 g/mol. The van der Waals surface area contributed by atoms with Crippen LogP contribution in [0, 0.1) is 0 Å². The van der Waals surface area contributed by atoms with Crippen molar-refractivity contribution in [2.75, 3.05) is 16.4 Å². The SMILES string of the molecule is CC1=CC=C(Nc2ccc(NC3=CC=C(C)CC3=S(=O)=O)c3c2C(=O)c2cccc(N)c2C3=O)C(=S(=O)=O)C1. The summed E-state index contributed by atoms with van der Waals surface area (Å²) in [6, 6.07) is 7.72. The van der Waals surface area contributed by atoms with E-state index in [4.69, 9.17) is 5.73 Å². The maximum Gasteiger partial charge on any atom is 0.219 e. The summed E-state index contributed by atoms with van der Waals surface area (Å²) in [5.74, 6) is -0.988. The second-order valence-corrected chi connectivity index (χ2v) is 11.4.